The third-order valence-corrected chi connectivity index (χ3v) is 3.72. The van der Waals surface area contributed by atoms with Crippen molar-refractivity contribution in [3.05, 3.63) is 69.7 Å². The summed E-state index contributed by atoms with van der Waals surface area (Å²) in [6, 6.07) is 18.4. The molecule has 0 N–H and O–H groups in total. The zero-order chi connectivity index (χ0) is 14.5. The second-order valence-corrected chi connectivity index (χ2v) is 5.91. The molecule has 0 aromatic heterocycles. The smallest absolute Gasteiger partial charge is 0.0998 e. The van der Waals surface area contributed by atoms with E-state index in [1.165, 1.54) is 5.56 Å². The van der Waals surface area contributed by atoms with Crippen LogP contribution in [-0.2, 0) is 0 Å². The Morgan fingerprint density at radius 2 is 1.65 bits per heavy atom. The molecule has 0 atom stereocenters. The average molecular weight is 326 g/mol. The molecule has 0 spiro atoms. The molecular formula is C18H16BrN. The van der Waals surface area contributed by atoms with E-state index in [1.54, 1.807) is 0 Å². The summed E-state index contributed by atoms with van der Waals surface area (Å²) in [5.41, 5.74) is 3.97. The van der Waals surface area contributed by atoms with Crippen LogP contribution in [0.5, 0.6) is 0 Å². The van der Waals surface area contributed by atoms with Crippen molar-refractivity contribution in [3.8, 4) is 6.07 Å². The first-order chi connectivity index (χ1) is 9.60. The number of hydrogen-bond acceptors (Lipinski definition) is 1. The van der Waals surface area contributed by atoms with Gasteiger partial charge in [-0.25, -0.2) is 0 Å². The average Bonchev–Trinajstić information content (AvgIpc) is 2.46. The largest absolute Gasteiger partial charge is 0.192 e. The van der Waals surface area contributed by atoms with Crippen molar-refractivity contribution < 1.29 is 0 Å². The Balaban J connectivity index is 2.31. The second kappa shape index (κ2) is 6.54. The summed E-state index contributed by atoms with van der Waals surface area (Å²) >= 11 is 3.40. The highest BCUT2D eigenvalue weighted by atomic mass is 79.9. The lowest BCUT2D eigenvalue weighted by Crippen LogP contribution is -1.87. The molecule has 1 nitrogen and oxygen atoms in total. The molecule has 0 fully saturated rings. The molecular weight excluding hydrogens is 310 g/mol. The summed E-state index contributed by atoms with van der Waals surface area (Å²) in [4.78, 5) is 0. The first kappa shape index (κ1) is 14.6. The van der Waals surface area contributed by atoms with Crippen LogP contribution in [-0.4, -0.2) is 0 Å². The predicted molar refractivity (Wildman–Crippen MR) is 88.2 cm³/mol. The molecule has 2 aromatic rings. The van der Waals surface area contributed by atoms with Crippen LogP contribution in [0.15, 0.2) is 53.0 Å². The lowest BCUT2D eigenvalue weighted by molar-refractivity contribution is 0.866. The molecule has 0 saturated heterocycles. The standard InChI is InChI=1S/C18H16BrN/c1-13(2)15-5-3-14(4-6-15)11-17(12-20)16-7-9-18(19)10-8-16/h3-11,13H,1-2H3/b17-11+. The third-order valence-electron chi connectivity index (χ3n) is 3.19. The van der Waals surface area contributed by atoms with E-state index in [1.807, 2.05) is 30.3 Å². The van der Waals surface area contributed by atoms with E-state index in [0.717, 1.165) is 15.6 Å². The van der Waals surface area contributed by atoms with Crippen molar-refractivity contribution in [2.75, 3.05) is 0 Å². The van der Waals surface area contributed by atoms with Gasteiger partial charge in [-0.15, -0.1) is 0 Å². The highest BCUT2D eigenvalue weighted by Gasteiger charge is 2.02. The van der Waals surface area contributed by atoms with Crippen molar-refractivity contribution in [2.45, 2.75) is 19.8 Å². The first-order valence-corrected chi connectivity index (χ1v) is 7.37. The van der Waals surface area contributed by atoms with Crippen molar-refractivity contribution in [2.24, 2.45) is 0 Å². The molecule has 0 bridgehead atoms. The lowest BCUT2D eigenvalue weighted by Gasteiger charge is -2.05. The molecule has 0 unspecified atom stereocenters. The molecule has 0 aliphatic carbocycles. The molecule has 0 saturated carbocycles. The Labute approximate surface area is 128 Å². The van der Waals surface area contributed by atoms with Gasteiger partial charge in [-0.2, -0.15) is 5.26 Å². The third kappa shape index (κ3) is 3.59. The fourth-order valence-electron chi connectivity index (χ4n) is 1.95. The van der Waals surface area contributed by atoms with E-state index >= 15 is 0 Å². The van der Waals surface area contributed by atoms with Crippen LogP contribution in [0.2, 0.25) is 0 Å². The van der Waals surface area contributed by atoms with Crippen LogP contribution >= 0.6 is 15.9 Å². The molecule has 0 aliphatic heterocycles. The van der Waals surface area contributed by atoms with Crippen molar-refractivity contribution >= 4 is 27.6 Å². The summed E-state index contributed by atoms with van der Waals surface area (Å²) in [6.07, 6.45) is 1.92. The maximum absolute atomic E-state index is 9.32. The van der Waals surface area contributed by atoms with Crippen LogP contribution in [0.4, 0.5) is 0 Å². The van der Waals surface area contributed by atoms with E-state index in [9.17, 15) is 5.26 Å². The summed E-state index contributed by atoms with van der Waals surface area (Å²) < 4.78 is 1.01. The summed E-state index contributed by atoms with van der Waals surface area (Å²) in [7, 11) is 0. The first-order valence-electron chi connectivity index (χ1n) is 6.58. The summed E-state index contributed by atoms with van der Waals surface area (Å²) in [5, 5.41) is 9.32. The highest BCUT2D eigenvalue weighted by molar-refractivity contribution is 9.10. The lowest BCUT2D eigenvalue weighted by atomic mass is 9.99. The molecule has 0 aliphatic rings. The zero-order valence-corrected chi connectivity index (χ0v) is 13.2. The van der Waals surface area contributed by atoms with Crippen LogP contribution in [0.1, 0.15) is 36.5 Å². The maximum atomic E-state index is 9.32. The van der Waals surface area contributed by atoms with Gasteiger partial charge in [0.2, 0.25) is 0 Å². The number of hydrogen-bond donors (Lipinski definition) is 0. The van der Waals surface area contributed by atoms with Gasteiger partial charge in [-0.05, 0) is 40.8 Å². The van der Waals surface area contributed by atoms with E-state index in [2.05, 4.69) is 60.1 Å². The van der Waals surface area contributed by atoms with Gasteiger partial charge in [0.05, 0.1) is 11.6 Å². The summed E-state index contributed by atoms with van der Waals surface area (Å²) in [6.45, 7) is 4.35. The van der Waals surface area contributed by atoms with E-state index in [4.69, 9.17) is 0 Å². The van der Waals surface area contributed by atoms with Gasteiger partial charge in [-0.3, -0.25) is 0 Å². The zero-order valence-electron chi connectivity index (χ0n) is 11.6. The quantitative estimate of drug-likeness (QED) is 0.529. The molecule has 0 heterocycles. The minimum Gasteiger partial charge on any atom is -0.192 e. The number of benzene rings is 2. The van der Waals surface area contributed by atoms with Crippen molar-refractivity contribution in [3.63, 3.8) is 0 Å². The Morgan fingerprint density at radius 1 is 1.05 bits per heavy atom. The van der Waals surface area contributed by atoms with Crippen LogP contribution in [0, 0.1) is 11.3 Å². The van der Waals surface area contributed by atoms with Crippen molar-refractivity contribution in [1.29, 1.82) is 5.26 Å². The Hall–Kier alpha value is -1.85. The maximum Gasteiger partial charge on any atom is 0.0998 e. The second-order valence-electron chi connectivity index (χ2n) is 5.00. The number of rotatable bonds is 3. The molecule has 20 heavy (non-hydrogen) atoms. The summed E-state index contributed by atoms with van der Waals surface area (Å²) in [5.74, 6) is 0.523. The van der Waals surface area contributed by atoms with Gasteiger partial charge < -0.3 is 0 Å². The SMILES string of the molecule is CC(C)c1ccc(/C=C(\C#N)c2ccc(Br)cc2)cc1. The van der Waals surface area contributed by atoms with Gasteiger partial charge in [0.1, 0.15) is 0 Å². The number of halogens is 1. The van der Waals surface area contributed by atoms with Gasteiger partial charge in [0.15, 0.2) is 0 Å². The van der Waals surface area contributed by atoms with Crippen LogP contribution < -0.4 is 0 Å². The fraction of sp³-hybridized carbons (Fsp3) is 0.167. The predicted octanol–water partition coefficient (Wildman–Crippen LogP) is 5.64. The minimum absolute atomic E-state index is 0.523. The fourth-order valence-corrected chi connectivity index (χ4v) is 2.22. The Kier molecular flexibility index (Phi) is 4.76. The monoisotopic (exact) mass is 325 g/mol. The molecule has 0 amide bonds. The molecule has 2 heteroatoms. The van der Waals surface area contributed by atoms with Gasteiger partial charge in [-0.1, -0.05) is 66.2 Å². The molecule has 2 rings (SSSR count). The van der Waals surface area contributed by atoms with Gasteiger partial charge >= 0.3 is 0 Å². The van der Waals surface area contributed by atoms with Gasteiger partial charge in [0, 0.05) is 4.47 Å². The number of allylic oxidation sites excluding steroid dienone is 1. The highest BCUT2D eigenvalue weighted by Crippen LogP contribution is 2.21. The molecule has 2 aromatic carbocycles. The normalized spacial score (nSPS) is 11.4. The minimum atomic E-state index is 0.523. The van der Waals surface area contributed by atoms with Gasteiger partial charge in [0.25, 0.3) is 0 Å². The number of nitriles is 1. The number of nitrogens with zero attached hydrogens (tertiary/aromatic N) is 1. The molecule has 100 valence electrons. The van der Waals surface area contributed by atoms with Crippen molar-refractivity contribution in [1.82, 2.24) is 0 Å². The Bertz CT molecular complexity index is 643. The van der Waals surface area contributed by atoms with E-state index in [0.29, 0.717) is 11.5 Å². The van der Waals surface area contributed by atoms with E-state index < -0.39 is 0 Å². The topological polar surface area (TPSA) is 23.8 Å². The van der Waals surface area contributed by atoms with E-state index in [-0.39, 0.29) is 0 Å². The van der Waals surface area contributed by atoms with Crippen LogP contribution in [0.25, 0.3) is 11.6 Å². The van der Waals surface area contributed by atoms with Crippen LogP contribution in [0.3, 0.4) is 0 Å². The Morgan fingerprint density at radius 3 is 2.15 bits per heavy atom. The molecule has 0 radical (unpaired) electrons.